The monoisotopic (exact) mass is 480 g/mol. The molecule has 2 aliphatic rings. The number of carboxylic acid groups (broad SMARTS) is 1. The largest absolute Gasteiger partial charge is 0.480 e. The van der Waals surface area contributed by atoms with Gasteiger partial charge in [0.05, 0.1) is 13.5 Å². The summed E-state index contributed by atoms with van der Waals surface area (Å²) in [4.78, 5) is 47.1. The smallest absolute Gasteiger partial charge is 0.407 e. The number of aliphatic carboxylic acids is 1. The molecule has 1 saturated carbocycles. The van der Waals surface area contributed by atoms with Gasteiger partial charge in [-0.2, -0.15) is 0 Å². The molecular weight excluding hydrogens is 452 g/mol. The SMILES string of the molecule is COC(=O)C[C@H](NC(=O)CC1CC(NC(=O)OCC2c3ccccc3-c3ccccc32)C1)C(=O)O. The van der Waals surface area contributed by atoms with Gasteiger partial charge in [0.25, 0.3) is 0 Å². The number of hydrogen-bond acceptors (Lipinski definition) is 6. The Morgan fingerprint density at radius 2 is 1.60 bits per heavy atom. The van der Waals surface area contributed by atoms with E-state index in [1.165, 1.54) is 0 Å². The minimum absolute atomic E-state index is 0.0152. The van der Waals surface area contributed by atoms with Crippen molar-refractivity contribution in [3.8, 4) is 11.1 Å². The maximum absolute atomic E-state index is 12.4. The van der Waals surface area contributed by atoms with E-state index in [-0.39, 0.29) is 30.9 Å². The summed E-state index contributed by atoms with van der Waals surface area (Å²) in [5, 5.41) is 14.4. The Morgan fingerprint density at radius 3 is 2.17 bits per heavy atom. The van der Waals surface area contributed by atoms with Crippen LogP contribution in [0.1, 0.15) is 42.7 Å². The second kappa shape index (κ2) is 10.6. The van der Waals surface area contributed by atoms with Crippen LogP contribution in [0.15, 0.2) is 48.5 Å². The van der Waals surface area contributed by atoms with E-state index in [0.29, 0.717) is 12.8 Å². The fourth-order valence-electron chi connectivity index (χ4n) is 4.79. The lowest BCUT2D eigenvalue weighted by molar-refractivity contribution is -0.148. The highest BCUT2D eigenvalue weighted by Gasteiger charge is 2.34. The number of methoxy groups -OCH3 is 1. The van der Waals surface area contributed by atoms with Gasteiger partial charge in [0, 0.05) is 18.4 Å². The Hall–Kier alpha value is -3.88. The fraction of sp³-hybridized carbons (Fsp3) is 0.385. The summed E-state index contributed by atoms with van der Waals surface area (Å²) in [7, 11) is 1.15. The zero-order chi connectivity index (χ0) is 24.9. The molecule has 9 nitrogen and oxygen atoms in total. The number of hydrogen-bond donors (Lipinski definition) is 3. The quantitative estimate of drug-likeness (QED) is 0.470. The van der Waals surface area contributed by atoms with E-state index in [1.54, 1.807) is 0 Å². The molecule has 1 atom stereocenters. The number of esters is 1. The minimum Gasteiger partial charge on any atom is -0.480 e. The van der Waals surface area contributed by atoms with Crippen molar-refractivity contribution in [1.29, 1.82) is 0 Å². The Kier molecular flexibility index (Phi) is 7.33. The van der Waals surface area contributed by atoms with Crippen LogP contribution < -0.4 is 10.6 Å². The van der Waals surface area contributed by atoms with E-state index in [9.17, 15) is 19.2 Å². The van der Waals surface area contributed by atoms with Crippen LogP contribution in [0.5, 0.6) is 0 Å². The van der Waals surface area contributed by atoms with Crippen molar-refractivity contribution >= 4 is 23.9 Å². The molecule has 9 heteroatoms. The van der Waals surface area contributed by atoms with E-state index >= 15 is 0 Å². The lowest BCUT2D eigenvalue weighted by Gasteiger charge is -2.35. The van der Waals surface area contributed by atoms with E-state index in [1.807, 2.05) is 24.3 Å². The molecule has 184 valence electrons. The van der Waals surface area contributed by atoms with Crippen LogP contribution >= 0.6 is 0 Å². The fourth-order valence-corrected chi connectivity index (χ4v) is 4.79. The molecule has 0 bridgehead atoms. The van der Waals surface area contributed by atoms with Crippen LogP contribution in [0, 0.1) is 5.92 Å². The number of rotatable bonds is 9. The van der Waals surface area contributed by atoms with Crippen molar-refractivity contribution < 1.29 is 33.8 Å². The summed E-state index contributed by atoms with van der Waals surface area (Å²) >= 11 is 0. The molecule has 2 aliphatic carbocycles. The third-order valence-corrected chi connectivity index (χ3v) is 6.61. The van der Waals surface area contributed by atoms with Gasteiger partial charge in [-0.25, -0.2) is 9.59 Å². The van der Waals surface area contributed by atoms with Crippen LogP contribution in [0.25, 0.3) is 11.1 Å². The lowest BCUT2D eigenvalue weighted by Crippen LogP contribution is -2.47. The van der Waals surface area contributed by atoms with Gasteiger partial charge in [-0.3, -0.25) is 9.59 Å². The standard InChI is InChI=1S/C26H28N2O7/c1-34-24(30)13-22(25(31)32)28-23(29)12-15-10-16(11-15)27-26(33)35-14-21-19-8-4-2-6-17(19)18-7-3-5-9-20(18)21/h2-9,15-16,21-22H,10-14H2,1H3,(H,27,33)(H,28,29)(H,31,32)/t15?,16?,22-/m0/s1. The first-order valence-electron chi connectivity index (χ1n) is 11.6. The average molecular weight is 481 g/mol. The lowest BCUT2D eigenvalue weighted by atomic mass is 9.78. The molecule has 0 spiro atoms. The van der Waals surface area contributed by atoms with Gasteiger partial charge >= 0.3 is 18.0 Å². The number of ether oxygens (including phenoxy) is 2. The van der Waals surface area contributed by atoms with Crippen molar-refractivity contribution in [2.45, 2.75) is 43.7 Å². The van der Waals surface area contributed by atoms with Gasteiger partial charge in [0.1, 0.15) is 12.6 Å². The van der Waals surface area contributed by atoms with Gasteiger partial charge in [0.2, 0.25) is 5.91 Å². The number of carbonyl (C=O) groups is 4. The number of nitrogens with one attached hydrogen (secondary N) is 2. The van der Waals surface area contributed by atoms with E-state index in [0.717, 1.165) is 29.4 Å². The Labute approximate surface area is 202 Å². The third-order valence-electron chi connectivity index (χ3n) is 6.61. The first-order chi connectivity index (χ1) is 16.9. The molecule has 1 fully saturated rings. The molecule has 0 unspecified atom stereocenters. The molecule has 2 aromatic rings. The van der Waals surface area contributed by atoms with E-state index in [2.05, 4.69) is 39.6 Å². The predicted octanol–water partition coefficient (Wildman–Crippen LogP) is 2.83. The summed E-state index contributed by atoms with van der Waals surface area (Å²) in [6.07, 6.45) is 0.365. The molecular formula is C26H28N2O7. The molecule has 2 aromatic carbocycles. The topological polar surface area (TPSA) is 131 Å². The Bertz CT molecular complexity index is 1080. The number of amides is 2. The van der Waals surface area contributed by atoms with E-state index < -0.39 is 36.4 Å². The number of benzene rings is 2. The van der Waals surface area contributed by atoms with Gasteiger partial charge in [-0.1, -0.05) is 48.5 Å². The van der Waals surface area contributed by atoms with Crippen LogP contribution in [0.2, 0.25) is 0 Å². The van der Waals surface area contributed by atoms with E-state index in [4.69, 9.17) is 9.84 Å². The summed E-state index contributed by atoms with van der Waals surface area (Å²) in [5.74, 6) is -2.47. The summed E-state index contributed by atoms with van der Waals surface area (Å²) in [6, 6.07) is 14.8. The molecule has 2 amide bonds. The first kappa shape index (κ1) is 24.3. The molecule has 35 heavy (non-hydrogen) atoms. The average Bonchev–Trinajstić information content (AvgIpc) is 3.14. The molecule has 0 aromatic heterocycles. The van der Waals surface area contributed by atoms with Crippen LogP contribution in [0.4, 0.5) is 4.79 Å². The van der Waals surface area contributed by atoms with Crippen LogP contribution in [-0.2, 0) is 23.9 Å². The van der Waals surface area contributed by atoms with Gasteiger partial charge in [0.15, 0.2) is 0 Å². The summed E-state index contributed by atoms with van der Waals surface area (Å²) < 4.78 is 10.0. The van der Waals surface area contributed by atoms with Gasteiger partial charge in [-0.05, 0) is 41.0 Å². The van der Waals surface area contributed by atoms with Crippen molar-refractivity contribution in [2.75, 3.05) is 13.7 Å². The second-order valence-electron chi connectivity index (χ2n) is 8.95. The third kappa shape index (κ3) is 5.62. The highest BCUT2D eigenvalue weighted by Crippen LogP contribution is 2.44. The number of carbonyl (C=O) groups excluding carboxylic acids is 3. The molecule has 0 radical (unpaired) electrons. The predicted molar refractivity (Wildman–Crippen MR) is 126 cm³/mol. The highest BCUT2D eigenvalue weighted by molar-refractivity contribution is 5.87. The Morgan fingerprint density at radius 1 is 1.00 bits per heavy atom. The first-order valence-corrected chi connectivity index (χ1v) is 11.6. The molecule has 0 aliphatic heterocycles. The summed E-state index contributed by atoms with van der Waals surface area (Å²) in [6.45, 7) is 0.231. The van der Waals surface area contributed by atoms with Crippen molar-refractivity contribution in [3.63, 3.8) is 0 Å². The second-order valence-corrected chi connectivity index (χ2v) is 8.95. The summed E-state index contributed by atoms with van der Waals surface area (Å²) in [5.41, 5.74) is 4.61. The maximum atomic E-state index is 12.4. The maximum Gasteiger partial charge on any atom is 0.407 e. The number of alkyl carbamates (subject to hydrolysis) is 1. The number of fused-ring (bicyclic) bond motifs is 3. The molecule has 3 N–H and O–H groups in total. The minimum atomic E-state index is -1.33. The molecule has 0 heterocycles. The zero-order valence-electron chi connectivity index (χ0n) is 19.4. The van der Waals surface area contributed by atoms with Crippen LogP contribution in [-0.4, -0.2) is 54.8 Å². The van der Waals surface area contributed by atoms with Crippen molar-refractivity contribution in [1.82, 2.24) is 10.6 Å². The van der Waals surface area contributed by atoms with Crippen LogP contribution in [0.3, 0.4) is 0 Å². The molecule has 0 saturated heterocycles. The number of carboxylic acids is 1. The highest BCUT2D eigenvalue weighted by atomic mass is 16.5. The normalized spacial score (nSPS) is 18.9. The molecule has 4 rings (SSSR count). The Balaban J connectivity index is 1.21. The zero-order valence-corrected chi connectivity index (χ0v) is 19.4. The van der Waals surface area contributed by atoms with Gasteiger partial charge in [-0.15, -0.1) is 0 Å². The van der Waals surface area contributed by atoms with Crippen molar-refractivity contribution in [2.24, 2.45) is 5.92 Å². The van der Waals surface area contributed by atoms with Crippen molar-refractivity contribution in [3.05, 3.63) is 59.7 Å². The van der Waals surface area contributed by atoms with Gasteiger partial charge < -0.3 is 25.2 Å².